The molecule has 1 aliphatic heterocycles. The van der Waals surface area contributed by atoms with Crippen LogP contribution >= 0.6 is 0 Å². The number of piperidine rings is 1. The summed E-state index contributed by atoms with van der Waals surface area (Å²) in [6, 6.07) is 26.2. The lowest BCUT2D eigenvalue weighted by Crippen LogP contribution is -2.31. The highest BCUT2D eigenvalue weighted by Crippen LogP contribution is 2.23. The summed E-state index contributed by atoms with van der Waals surface area (Å²) >= 11 is 0. The van der Waals surface area contributed by atoms with Crippen LogP contribution in [0, 0.1) is 0 Å². The SMILES string of the molecule is c1ccc(Oc2ccc(NCc3ccc(OCCCN4CCCCC4)cc3)cc2)cc1. The van der Waals surface area contributed by atoms with Crippen LogP contribution in [-0.4, -0.2) is 31.1 Å². The Bertz CT molecular complexity index is 889. The molecule has 0 unspecified atom stereocenters. The summed E-state index contributed by atoms with van der Waals surface area (Å²) in [4.78, 5) is 2.56. The zero-order valence-corrected chi connectivity index (χ0v) is 18.1. The van der Waals surface area contributed by atoms with Gasteiger partial charge in [-0.15, -0.1) is 0 Å². The normalized spacial score (nSPS) is 14.2. The highest BCUT2D eigenvalue weighted by molar-refractivity contribution is 5.47. The number of ether oxygens (including phenoxy) is 2. The van der Waals surface area contributed by atoms with Gasteiger partial charge in [-0.25, -0.2) is 0 Å². The molecule has 31 heavy (non-hydrogen) atoms. The molecule has 1 heterocycles. The number of hydrogen-bond donors (Lipinski definition) is 1. The van der Waals surface area contributed by atoms with Gasteiger partial charge in [0.25, 0.3) is 0 Å². The molecule has 0 atom stereocenters. The van der Waals surface area contributed by atoms with Crippen LogP contribution in [0.25, 0.3) is 0 Å². The van der Waals surface area contributed by atoms with Crippen LogP contribution in [-0.2, 0) is 6.54 Å². The molecular weight excluding hydrogens is 384 g/mol. The van der Waals surface area contributed by atoms with Crippen molar-refractivity contribution in [2.75, 3.05) is 31.6 Å². The van der Waals surface area contributed by atoms with Gasteiger partial charge in [-0.1, -0.05) is 36.8 Å². The Morgan fingerprint density at radius 1 is 0.710 bits per heavy atom. The molecule has 4 rings (SSSR count). The van der Waals surface area contributed by atoms with Crippen molar-refractivity contribution in [2.45, 2.75) is 32.2 Å². The average molecular weight is 417 g/mol. The minimum absolute atomic E-state index is 0.772. The Morgan fingerprint density at radius 2 is 1.39 bits per heavy atom. The minimum atomic E-state index is 0.772. The van der Waals surface area contributed by atoms with Gasteiger partial charge in [0, 0.05) is 18.8 Å². The van der Waals surface area contributed by atoms with Crippen LogP contribution in [0.3, 0.4) is 0 Å². The minimum Gasteiger partial charge on any atom is -0.494 e. The average Bonchev–Trinajstić information content (AvgIpc) is 2.83. The maximum absolute atomic E-state index is 5.92. The van der Waals surface area contributed by atoms with Gasteiger partial charge in [-0.3, -0.25) is 0 Å². The van der Waals surface area contributed by atoms with E-state index in [0.717, 1.165) is 49.1 Å². The van der Waals surface area contributed by atoms with Gasteiger partial charge in [-0.05, 0) is 86.4 Å². The van der Waals surface area contributed by atoms with Crippen LogP contribution in [0.5, 0.6) is 17.2 Å². The summed E-state index contributed by atoms with van der Waals surface area (Å²) in [7, 11) is 0. The highest BCUT2D eigenvalue weighted by atomic mass is 16.5. The smallest absolute Gasteiger partial charge is 0.127 e. The first-order valence-corrected chi connectivity index (χ1v) is 11.4. The third-order valence-electron chi connectivity index (χ3n) is 5.59. The van der Waals surface area contributed by atoms with Crippen molar-refractivity contribution in [3.05, 3.63) is 84.4 Å². The third-order valence-corrected chi connectivity index (χ3v) is 5.59. The standard InChI is InChI=1S/C27H32N2O2/c1-3-8-26(9-4-1)31-27-16-12-24(13-17-27)28-22-23-10-14-25(15-11-23)30-21-7-20-29-18-5-2-6-19-29/h1,3-4,8-17,28H,2,5-7,18-22H2. The van der Waals surface area contributed by atoms with Crippen molar-refractivity contribution in [2.24, 2.45) is 0 Å². The van der Waals surface area contributed by atoms with Gasteiger partial charge < -0.3 is 19.7 Å². The van der Waals surface area contributed by atoms with E-state index in [1.165, 1.54) is 37.9 Å². The summed E-state index contributed by atoms with van der Waals surface area (Å²) in [5.41, 5.74) is 2.30. The third kappa shape index (κ3) is 7.04. The number of anilines is 1. The number of nitrogens with one attached hydrogen (secondary N) is 1. The highest BCUT2D eigenvalue weighted by Gasteiger charge is 2.09. The second-order valence-electron chi connectivity index (χ2n) is 8.04. The second kappa shape index (κ2) is 11.4. The van der Waals surface area contributed by atoms with E-state index in [4.69, 9.17) is 9.47 Å². The molecule has 3 aromatic carbocycles. The Balaban J connectivity index is 1.17. The molecule has 1 aliphatic rings. The van der Waals surface area contributed by atoms with Gasteiger partial charge in [0.05, 0.1) is 6.61 Å². The molecule has 1 fully saturated rings. The van der Waals surface area contributed by atoms with Crippen LogP contribution in [0.15, 0.2) is 78.9 Å². The van der Waals surface area contributed by atoms with Crippen molar-refractivity contribution in [1.82, 2.24) is 4.90 Å². The van der Waals surface area contributed by atoms with E-state index in [1.54, 1.807) is 0 Å². The zero-order chi connectivity index (χ0) is 21.1. The fraction of sp³-hybridized carbons (Fsp3) is 0.333. The number of nitrogens with zero attached hydrogens (tertiary/aromatic N) is 1. The Labute approximate surface area is 185 Å². The largest absolute Gasteiger partial charge is 0.494 e. The first-order valence-electron chi connectivity index (χ1n) is 11.4. The summed E-state index contributed by atoms with van der Waals surface area (Å²) < 4.78 is 11.8. The topological polar surface area (TPSA) is 33.7 Å². The van der Waals surface area contributed by atoms with Crippen molar-refractivity contribution in [3.63, 3.8) is 0 Å². The maximum Gasteiger partial charge on any atom is 0.127 e. The number of likely N-dealkylation sites (tertiary alicyclic amines) is 1. The van der Waals surface area contributed by atoms with E-state index in [2.05, 4.69) is 34.5 Å². The molecule has 162 valence electrons. The van der Waals surface area contributed by atoms with Gasteiger partial charge >= 0.3 is 0 Å². The quantitative estimate of drug-likeness (QED) is 0.391. The van der Waals surface area contributed by atoms with E-state index < -0.39 is 0 Å². The van der Waals surface area contributed by atoms with Gasteiger partial charge in [0.1, 0.15) is 17.2 Å². The molecule has 0 saturated carbocycles. The maximum atomic E-state index is 5.92. The van der Waals surface area contributed by atoms with Gasteiger partial charge in [0.2, 0.25) is 0 Å². The van der Waals surface area contributed by atoms with Crippen molar-refractivity contribution in [1.29, 1.82) is 0 Å². The molecule has 0 aromatic heterocycles. The molecule has 0 spiro atoms. The lowest BCUT2D eigenvalue weighted by atomic mass is 10.1. The number of hydrogen-bond acceptors (Lipinski definition) is 4. The van der Waals surface area contributed by atoms with E-state index in [-0.39, 0.29) is 0 Å². The lowest BCUT2D eigenvalue weighted by Gasteiger charge is -2.26. The summed E-state index contributed by atoms with van der Waals surface area (Å²) in [6.45, 7) is 5.21. The van der Waals surface area contributed by atoms with Crippen molar-refractivity contribution >= 4 is 5.69 Å². The number of rotatable bonds is 10. The first-order chi connectivity index (χ1) is 15.3. The van der Waals surface area contributed by atoms with E-state index in [1.807, 2.05) is 54.6 Å². The van der Waals surface area contributed by atoms with Gasteiger partial charge in [0.15, 0.2) is 0 Å². The van der Waals surface area contributed by atoms with E-state index in [0.29, 0.717) is 0 Å². The molecule has 0 amide bonds. The predicted molar refractivity (Wildman–Crippen MR) is 127 cm³/mol. The first kappa shape index (κ1) is 21.3. The molecule has 0 aliphatic carbocycles. The fourth-order valence-electron chi connectivity index (χ4n) is 3.83. The van der Waals surface area contributed by atoms with Crippen LogP contribution in [0.4, 0.5) is 5.69 Å². The Kier molecular flexibility index (Phi) is 7.83. The summed E-state index contributed by atoms with van der Waals surface area (Å²) in [6.07, 6.45) is 5.18. The van der Waals surface area contributed by atoms with Crippen LogP contribution < -0.4 is 14.8 Å². The molecule has 3 aromatic rings. The van der Waals surface area contributed by atoms with Crippen molar-refractivity contribution < 1.29 is 9.47 Å². The van der Waals surface area contributed by atoms with Crippen LogP contribution in [0.2, 0.25) is 0 Å². The monoisotopic (exact) mass is 416 g/mol. The molecule has 0 radical (unpaired) electrons. The fourth-order valence-corrected chi connectivity index (χ4v) is 3.83. The predicted octanol–water partition coefficient (Wildman–Crippen LogP) is 6.35. The van der Waals surface area contributed by atoms with Crippen molar-refractivity contribution in [3.8, 4) is 17.2 Å². The molecule has 1 saturated heterocycles. The molecular formula is C27H32N2O2. The number of para-hydroxylation sites is 1. The summed E-state index contributed by atoms with van der Waals surface area (Å²) in [5, 5.41) is 3.46. The van der Waals surface area contributed by atoms with E-state index >= 15 is 0 Å². The Morgan fingerprint density at radius 3 is 2.13 bits per heavy atom. The second-order valence-corrected chi connectivity index (χ2v) is 8.04. The zero-order valence-electron chi connectivity index (χ0n) is 18.1. The van der Waals surface area contributed by atoms with Gasteiger partial charge in [-0.2, -0.15) is 0 Å². The van der Waals surface area contributed by atoms with E-state index in [9.17, 15) is 0 Å². The molecule has 4 nitrogen and oxygen atoms in total. The Hall–Kier alpha value is -2.98. The number of benzene rings is 3. The molecule has 1 N–H and O–H groups in total. The molecule has 4 heteroatoms. The lowest BCUT2D eigenvalue weighted by molar-refractivity contribution is 0.205. The van der Waals surface area contributed by atoms with Crippen LogP contribution in [0.1, 0.15) is 31.2 Å². The molecule has 0 bridgehead atoms. The summed E-state index contributed by atoms with van der Waals surface area (Å²) in [5.74, 6) is 2.63.